The summed E-state index contributed by atoms with van der Waals surface area (Å²) in [5, 5.41) is 7.12. The molecular weight excluding hydrogens is 367 g/mol. The van der Waals surface area contributed by atoms with Crippen molar-refractivity contribution in [2.24, 2.45) is 11.3 Å². The second kappa shape index (κ2) is 8.64. The van der Waals surface area contributed by atoms with Gasteiger partial charge in [-0.15, -0.1) is 0 Å². The van der Waals surface area contributed by atoms with Crippen LogP contribution in [-0.4, -0.2) is 98.0 Å². The number of carbonyl (C=O) groups excluding carboxylic acids is 1. The lowest BCUT2D eigenvalue weighted by atomic mass is 9.78. The van der Waals surface area contributed by atoms with Crippen molar-refractivity contribution in [3.8, 4) is 0 Å². The standard InChI is InChI=1S/C15H27N3O2.C2HF3O2/c1-16-9-13(10-20-2)15(11-16)5-8-18(12-15)14(19)17-6-3-4-7-17;3-2(4,5)1(6)7/h13H,3-12H2,1-2H3;(H,6,7)/t13-,15+;/m0./s1. The Morgan fingerprint density at radius 1 is 1.15 bits per heavy atom. The van der Waals surface area contributed by atoms with Gasteiger partial charge in [-0.3, -0.25) is 0 Å². The van der Waals surface area contributed by atoms with Crippen LogP contribution >= 0.6 is 0 Å². The van der Waals surface area contributed by atoms with Gasteiger partial charge >= 0.3 is 18.2 Å². The monoisotopic (exact) mass is 395 g/mol. The molecule has 3 rings (SSSR count). The number of carbonyl (C=O) groups is 2. The van der Waals surface area contributed by atoms with Gasteiger partial charge in [0.2, 0.25) is 0 Å². The number of ether oxygens (including phenoxy) is 1. The number of nitrogens with zero attached hydrogens (tertiary/aromatic N) is 3. The first-order valence-electron chi connectivity index (χ1n) is 9.10. The fourth-order valence-electron chi connectivity index (χ4n) is 4.36. The number of methoxy groups -OCH3 is 1. The zero-order chi connectivity index (χ0) is 20.2. The van der Waals surface area contributed by atoms with Gasteiger partial charge in [0.25, 0.3) is 0 Å². The third-order valence-corrected chi connectivity index (χ3v) is 5.63. The molecule has 0 aromatic rings. The molecule has 3 fully saturated rings. The predicted octanol–water partition coefficient (Wildman–Crippen LogP) is 1.74. The Labute approximate surface area is 157 Å². The fourth-order valence-corrected chi connectivity index (χ4v) is 4.36. The average Bonchev–Trinajstić information content (AvgIpc) is 3.29. The van der Waals surface area contributed by atoms with Crippen molar-refractivity contribution in [3.05, 3.63) is 0 Å². The molecule has 0 radical (unpaired) electrons. The third-order valence-electron chi connectivity index (χ3n) is 5.63. The Hall–Kier alpha value is -1.55. The molecule has 2 atom stereocenters. The molecule has 3 aliphatic rings. The summed E-state index contributed by atoms with van der Waals surface area (Å²) < 4.78 is 37.2. The minimum absolute atomic E-state index is 0.264. The number of aliphatic carboxylic acids is 1. The van der Waals surface area contributed by atoms with Crippen molar-refractivity contribution >= 4 is 12.0 Å². The van der Waals surface area contributed by atoms with E-state index in [0.29, 0.717) is 5.92 Å². The topological polar surface area (TPSA) is 73.3 Å². The van der Waals surface area contributed by atoms with Gasteiger partial charge in [0.05, 0.1) is 6.61 Å². The van der Waals surface area contributed by atoms with Crippen molar-refractivity contribution in [1.82, 2.24) is 14.7 Å². The molecule has 27 heavy (non-hydrogen) atoms. The van der Waals surface area contributed by atoms with Crippen LogP contribution in [0.3, 0.4) is 0 Å². The number of likely N-dealkylation sites (tertiary alicyclic amines) is 3. The zero-order valence-electron chi connectivity index (χ0n) is 15.8. The van der Waals surface area contributed by atoms with E-state index in [1.807, 2.05) is 4.90 Å². The lowest BCUT2D eigenvalue weighted by molar-refractivity contribution is -0.192. The van der Waals surface area contributed by atoms with E-state index in [1.165, 1.54) is 12.8 Å². The van der Waals surface area contributed by atoms with Crippen molar-refractivity contribution in [2.75, 3.05) is 60.0 Å². The molecule has 0 aromatic carbocycles. The first kappa shape index (κ1) is 21.7. The van der Waals surface area contributed by atoms with E-state index >= 15 is 0 Å². The van der Waals surface area contributed by atoms with E-state index in [0.717, 1.165) is 52.3 Å². The Morgan fingerprint density at radius 3 is 2.26 bits per heavy atom. The first-order valence-corrected chi connectivity index (χ1v) is 9.10. The molecule has 0 aliphatic carbocycles. The fraction of sp³-hybridized carbons (Fsp3) is 0.882. The molecular formula is C17H28F3N3O4. The number of rotatable bonds is 2. The smallest absolute Gasteiger partial charge is 0.475 e. The molecule has 3 heterocycles. The average molecular weight is 395 g/mol. The van der Waals surface area contributed by atoms with Gasteiger partial charge in [0.1, 0.15) is 0 Å². The molecule has 156 valence electrons. The van der Waals surface area contributed by atoms with Crippen LogP contribution in [0.4, 0.5) is 18.0 Å². The van der Waals surface area contributed by atoms with Crippen LogP contribution in [0.5, 0.6) is 0 Å². The second-order valence-corrected chi connectivity index (χ2v) is 7.66. The normalized spacial score (nSPS) is 28.6. The maximum Gasteiger partial charge on any atom is 0.490 e. The highest BCUT2D eigenvalue weighted by Gasteiger charge is 2.50. The summed E-state index contributed by atoms with van der Waals surface area (Å²) in [4.78, 5) is 28.0. The first-order chi connectivity index (χ1) is 12.6. The third kappa shape index (κ3) is 5.25. The Bertz CT molecular complexity index is 540. The van der Waals surface area contributed by atoms with Crippen molar-refractivity contribution in [2.45, 2.75) is 25.4 Å². The highest BCUT2D eigenvalue weighted by Crippen LogP contribution is 2.43. The zero-order valence-corrected chi connectivity index (χ0v) is 15.8. The summed E-state index contributed by atoms with van der Waals surface area (Å²) in [6.45, 7) is 6.75. The van der Waals surface area contributed by atoms with Gasteiger partial charge in [0, 0.05) is 57.7 Å². The SMILES string of the molecule is COC[C@@H]1CN(C)C[C@@]12CCN(C(=O)N1CCCC1)C2.O=C(O)C(F)(F)F. The summed E-state index contributed by atoms with van der Waals surface area (Å²) in [6, 6.07) is 0.269. The van der Waals surface area contributed by atoms with Crippen LogP contribution in [0.1, 0.15) is 19.3 Å². The van der Waals surface area contributed by atoms with Gasteiger partial charge in [-0.25, -0.2) is 9.59 Å². The molecule has 0 saturated carbocycles. The van der Waals surface area contributed by atoms with E-state index < -0.39 is 12.1 Å². The maximum atomic E-state index is 12.5. The Kier molecular flexibility index (Phi) is 6.96. The van der Waals surface area contributed by atoms with Crippen LogP contribution < -0.4 is 0 Å². The number of hydrogen-bond donors (Lipinski definition) is 1. The number of carboxylic acids is 1. The molecule has 7 nitrogen and oxygen atoms in total. The van der Waals surface area contributed by atoms with Crippen molar-refractivity contribution < 1.29 is 32.6 Å². The number of halogens is 3. The minimum Gasteiger partial charge on any atom is -0.475 e. The molecule has 10 heteroatoms. The highest BCUT2D eigenvalue weighted by atomic mass is 19.4. The second-order valence-electron chi connectivity index (χ2n) is 7.66. The number of carboxylic acid groups (broad SMARTS) is 1. The molecule has 0 bridgehead atoms. The van der Waals surface area contributed by atoms with E-state index in [4.69, 9.17) is 14.6 Å². The Morgan fingerprint density at radius 2 is 1.74 bits per heavy atom. The van der Waals surface area contributed by atoms with Gasteiger partial charge < -0.3 is 24.5 Å². The lowest BCUT2D eigenvalue weighted by Gasteiger charge is -2.31. The van der Waals surface area contributed by atoms with Gasteiger partial charge in [-0.1, -0.05) is 0 Å². The van der Waals surface area contributed by atoms with E-state index in [2.05, 4.69) is 16.8 Å². The van der Waals surface area contributed by atoms with E-state index in [-0.39, 0.29) is 11.4 Å². The minimum atomic E-state index is -5.08. The van der Waals surface area contributed by atoms with Gasteiger partial charge in [-0.2, -0.15) is 13.2 Å². The van der Waals surface area contributed by atoms with Crippen LogP contribution in [0, 0.1) is 11.3 Å². The summed E-state index contributed by atoms with van der Waals surface area (Å²) >= 11 is 0. The maximum absolute atomic E-state index is 12.5. The molecule has 1 spiro atoms. The molecule has 3 aliphatic heterocycles. The van der Waals surface area contributed by atoms with Crippen LogP contribution in [0.15, 0.2) is 0 Å². The highest BCUT2D eigenvalue weighted by molar-refractivity contribution is 5.75. The molecule has 3 saturated heterocycles. The number of hydrogen-bond acceptors (Lipinski definition) is 4. The summed E-state index contributed by atoms with van der Waals surface area (Å²) in [6.07, 6.45) is -1.62. The van der Waals surface area contributed by atoms with Crippen LogP contribution in [-0.2, 0) is 9.53 Å². The van der Waals surface area contributed by atoms with Gasteiger partial charge in [-0.05, 0) is 26.3 Å². The quantitative estimate of drug-likeness (QED) is 0.771. The molecule has 0 unspecified atom stereocenters. The van der Waals surface area contributed by atoms with E-state index in [9.17, 15) is 18.0 Å². The summed E-state index contributed by atoms with van der Waals surface area (Å²) in [5.74, 6) is -2.19. The Balaban J connectivity index is 0.000000321. The predicted molar refractivity (Wildman–Crippen MR) is 91.4 cm³/mol. The van der Waals surface area contributed by atoms with Crippen LogP contribution in [0.2, 0.25) is 0 Å². The number of urea groups is 1. The summed E-state index contributed by atoms with van der Waals surface area (Å²) in [5.41, 5.74) is 0.264. The van der Waals surface area contributed by atoms with Crippen molar-refractivity contribution in [3.63, 3.8) is 0 Å². The van der Waals surface area contributed by atoms with Crippen molar-refractivity contribution in [1.29, 1.82) is 0 Å². The number of amides is 2. The largest absolute Gasteiger partial charge is 0.490 e. The van der Waals surface area contributed by atoms with Gasteiger partial charge in [0.15, 0.2) is 0 Å². The van der Waals surface area contributed by atoms with Crippen LogP contribution in [0.25, 0.3) is 0 Å². The molecule has 2 amide bonds. The molecule has 0 aromatic heterocycles. The lowest BCUT2D eigenvalue weighted by Crippen LogP contribution is -2.43. The summed E-state index contributed by atoms with van der Waals surface area (Å²) in [7, 11) is 3.97. The number of alkyl halides is 3. The molecule has 1 N–H and O–H groups in total. The van der Waals surface area contributed by atoms with E-state index in [1.54, 1.807) is 7.11 Å².